The summed E-state index contributed by atoms with van der Waals surface area (Å²) in [6, 6.07) is 3.55. The van der Waals surface area contributed by atoms with Gasteiger partial charge in [-0.15, -0.1) is 0 Å². The Hall–Kier alpha value is 0.170. The predicted molar refractivity (Wildman–Crippen MR) is 67.2 cm³/mol. The number of rotatable bonds is 0. The third kappa shape index (κ3) is 1.78. The van der Waals surface area contributed by atoms with Crippen LogP contribution in [0.5, 0.6) is 0 Å². The zero-order valence-corrected chi connectivity index (χ0v) is 11.4. The van der Waals surface area contributed by atoms with E-state index >= 15 is 0 Å². The highest BCUT2D eigenvalue weighted by atomic mass is 79.9. The zero-order chi connectivity index (χ0) is 10.3. The molecule has 0 bridgehead atoms. The SMILES string of the molecule is Clc1cc(Cl)c2c(Br)ncc(Br)c2c1. The van der Waals surface area contributed by atoms with Crippen molar-refractivity contribution in [2.75, 3.05) is 0 Å². The van der Waals surface area contributed by atoms with Gasteiger partial charge in [-0.1, -0.05) is 23.2 Å². The molecule has 0 spiro atoms. The van der Waals surface area contributed by atoms with Gasteiger partial charge in [0.15, 0.2) is 0 Å². The Morgan fingerprint density at radius 1 is 1.14 bits per heavy atom. The number of pyridine rings is 1. The summed E-state index contributed by atoms with van der Waals surface area (Å²) in [4.78, 5) is 4.14. The quantitative estimate of drug-likeness (QED) is 0.601. The van der Waals surface area contributed by atoms with E-state index in [9.17, 15) is 0 Å². The van der Waals surface area contributed by atoms with Crippen LogP contribution < -0.4 is 0 Å². The minimum atomic E-state index is 0.591. The van der Waals surface area contributed by atoms with Crippen LogP contribution in [0.15, 0.2) is 27.4 Å². The highest BCUT2D eigenvalue weighted by molar-refractivity contribution is 9.11. The van der Waals surface area contributed by atoms with Crippen molar-refractivity contribution in [3.8, 4) is 0 Å². The van der Waals surface area contributed by atoms with E-state index in [0.717, 1.165) is 19.8 Å². The largest absolute Gasteiger partial charge is 0.247 e. The smallest absolute Gasteiger partial charge is 0.115 e. The molecule has 0 atom stereocenters. The Kier molecular flexibility index (Phi) is 3.03. The maximum absolute atomic E-state index is 6.06. The van der Waals surface area contributed by atoms with Crippen LogP contribution in [0.2, 0.25) is 10.0 Å². The average Bonchev–Trinajstić information content (AvgIpc) is 2.10. The van der Waals surface area contributed by atoms with Gasteiger partial charge in [0.25, 0.3) is 0 Å². The van der Waals surface area contributed by atoms with Crippen molar-refractivity contribution < 1.29 is 0 Å². The fourth-order valence-electron chi connectivity index (χ4n) is 1.22. The lowest BCUT2D eigenvalue weighted by molar-refractivity contribution is 1.30. The molecule has 14 heavy (non-hydrogen) atoms. The van der Waals surface area contributed by atoms with Crippen molar-refractivity contribution in [1.29, 1.82) is 0 Å². The summed E-state index contributed by atoms with van der Waals surface area (Å²) in [6.07, 6.45) is 1.71. The van der Waals surface area contributed by atoms with Gasteiger partial charge < -0.3 is 0 Å². The van der Waals surface area contributed by atoms with Gasteiger partial charge >= 0.3 is 0 Å². The molecule has 0 fully saturated rings. The normalized spacial score (nSPS) is 10.9. The van der Waals surface area contributed by atoms with Gasteiger partial charge in [-0.2, -0.15) is 0 Å². The molecule has 0 saturated carbocycles. The monoisotopic (exact) mass is 353 g/mol. The molecule has 72 valence electrons. The number of nitrogens with zero attached hydrogens (tertiary/aromatic N) is 1. The van der Waals surface area contributed by atoms with Gasteiger partial charge in [0.2, 0.25) is 0 Å². The van der Waals surface area contributed by atoms with E-state index in [1.165, 1.54) is 0 Å². The van der Waals surface area contributed by atoms with Crippen LogP contribution in [0.4, 0.5) is 0 Å². The summed E-state index contributed by atoms with van der Waals surface area (Å²) in [5.74, 6) is 0. The highest BCUT2D eigenvalue weighted by Gasteiger charge is 2.08. The second kappa shape index (κ2) is 3.97. The number of benzene rings is 1. The van der Waals surface area contributed by atoms with Crippen LogP contribution in [0, 0.1) is 0 Å². The van der Waals surface area contributed by atoms with Gasteiger partial charge in [0.05, 0.1) is 5.02 Å². The first-order valence-corrected chi connectivity index (χ1v) is 6.02. The van der Waals surface area contributed by atoms with Gasteiger partial charge in [-0.3, -0.25) is 0 Å². The first-order valence-electron chi connectivity index (χ1n) is 3.68. The molecule has 2 aromatic rings. The second-order valence-electron chi connectivity index (χ2n) is 2.71. The molecule has 0 unspecified atom stereocenters. The molecule has 0 amide bonds. The van der Waals surface area contributed by atoms with E-state index in [1.54, 1.807) is 12.3 Å². The molecule has 2 rings (SSSR count). The maximum Gasteiger partial charge on any atom is 0.115 e. The van der Waals surface area contributed by atoms with E-state index in [0.29, 0.717) is 10.0 Å². The van der Waals surface area contributed by atoms with Crippen LogP contribution in [0.3, 0.4) is 0 Å². The van der Waals surface area contributed by atoms with E-state index in [4.69, 9.17) is 23.2 Å². The molecule has 0 aliphatic rings. The van der Waals surface area contributed by atoms with E-state index < -0.39 is 0 Å². The molecule has 0 N–H and O–H groups in total. The topological polar surface area (TPSA) is 12.9 Å². The third-order valence-corrected chi connectivity index (χ3v) is 3.56. The number of fused-ring (bicyclic) bond motifs is 1. The first-order chi connectivity index (χ1) is 6.59. The molecular formula is C9H3Br2Cl2N. The van der Waals surface area contributed by atoms with Crippen molar-refractivity contribution >= 4 is 65.8 Å². The standard InChI is InChI=1S/C9H3Br2Cl2N/c10-6-3-14-9(11)8-5(6)1-4(12)2-7(8)13/h1-3H. The highest BCUT2D eigenvalue weighted by Crippen LogP contribution is 2.35. The third-order valence-electron chi connectivity index (χ3n) is 1.81. The summed E-state index contributed by atoms with van der Waals surface area (Å²) in [6.45, 7) is 0. The van der Waals surface area contributed by atoms with Crippen LogP contribution in [-0.2, 0) is 0 Å². The molecule has 5 heteroatoms. The number of hydrogen-bond acceptors (Lipinski definition) is 1. The van der Waals surface area contributed by atoms with Crippen LogP contribution in [-0.4, -0.2) is 4.98 Å². The van der Waals surface area contributed by atoms with Gasteiger partial charge in [-0.05, 0) is 44.0 Å². The lowest BCUT2D eigenvalue weighted by Gasteiger charge is -2.05. The Bertz CT molecular complexity index is 514. The van der Waals surface area contributed by atoms with Crippen molar-refractivity contribution in [3.63, 3.8) is 0 Å². The lowest BCUT2D eigenvalue weighted by Crippen LogP contribution is -1.83. The molecule has 1 nitrogen and oxygen atoms in total. The lowest BCUT2D eigenvalue weighted by atomic mass is 10.2. The van der Waals surface area contributed by atoms with E-state index in [-0.39, 0.29) is 0 Å². The Labute approximate surface area is 108 Å². The summed E-state index contributed by atoms with van der Waals surface area (Å²) in [5.41, 5.74) is 0. The minimum absolute atomic E-state index is 0.591. The number of halogens is 4. The molecule has 1 aromatic heterocycles. The summed E-state index contributed by atoms with van der Waals surface area (Å²) >= 11 is 18.7. The summed E-state index contributed by atoms with van der Waals surface area (Å²) < 4.78 is 1.59. The molecule has 0 aliphatic carbocycles. The number of hydrogen-bond donors (Lipinski definition) is 0. The van der Waals surface area contributed by atoms with Gasteiger partial charge in [0, 0.05) is 26.5 Å². The molecular weight excluding hydrogens is 353 g/mol. The molecule has 0 saturated heterocycles. The second-order valence-corrected chi connectivity index (χ2v) is 5.16. The number of aromatic nitrogens is 1. The van der Waals surface area contributed by atoms with Crippen LogP contribution in [0.1, 0.15) is 0 Å². The van der Waals surface area contributed by atoms with Crippen molar-refractivity contribution in [1.82, 2.24) is 4.98 Å². The fourth-order valence-corrected chi connectivity index (χ4v) is 2.86. The Balaban J connectivity index is 3.00. The predicted octanol–water partition coefficient (Wildman–Crippen LogP) is 5.07. The van der Waals surface area contributed by atoms with Crippen LogP contribution >= 0.6 is 55.1 Å². The van der Waals surface area contributed by atoms with Gasteiger partial charge in [-0.25, -0.2) is 4.98 Å². The van der Waals surface area contributed by atoms with Crippen molar-refractivity contribution in [2.45, 2.75) is 0 Å². The van der Waals surface area contributed by atoms with Crippen molar-refractivity contribution in [2.24, 2.45) is 0 Å². The zero-order valence-electron chi connectivity index (χ0n) is 6.69. The van der Waals surface area contributed by atoms with Crippen molar-refractivity contribution in [3.05, 3.63) is 37.5 Å². The summed E-state index contributed by atoms with van der Waals surface area (Å²) in [7, 11) is 0. The first kappa shape index (κ1) is 10.7. The molecule has 1 heterocycles. The Morgan fingerprint density at radius 3 is 2.57 bits per heavy atom. The van der Waals surface area contributed by atoms with E-state index in [1.807, 2.05) is 6.07 Å². The molecule has 1 aromatic carbocycles. The van der Waals surface area contributed by atoms with Crippen LogP contribution in [0.25, 0.3) is 10.8 Å². The van der Waals surface area contributed by atoms with Gasteiger partial charge in [0.1, 0.15) is 4.60 Å². The summed E-state index contributed by atoms with van der Waals surface area (Å²) in [5, 5.41) is 3.02. The average molecular weight is 356 g/mol. The fraction of sp³-hybridized carbons (Fsp3) is 0. The maximum atomic E-state index is 6.06. The Morgan fingerprint density at radius 2 is 1.86 bits per heavy atom. The van der Waals surface area contributed by atoms with E-state index in [2.05, 4.69) is 36.8 Å². The molecule has 0 radical (unpaired) electrons. The molecule has 0 aliphatic heterocycles. The minimum Gasteiger partial charge on any atom is -0.247 e.